The highest BCUT2D eigenvalue weighted by Gasteiger charge is 2.34. The zero-order valence-electron chi connectivity index (χ0n) is 12.8. The summed E-state index contributed by atoms with van der Waals surface area (Å²) in [6, 6.07) is 14.4. The topological polar surface area (TPSA) is 57.9 Å². The van der Waals surface area contributed by atoms with Crippen LogP contribution in [0.3, 0.4) is 0 Å². The Morgan fingerprint density at radius 1 is 1.26 bits per heavy atom. The molecule has 2 aromatic rings. The van der Waals surface area contributed by atoms with Crippen molar-refractivity contribution < 1.29 is 4.74 Å². The molecule has 0 radical (unpaired) electrons. The van der Waals surface area contributed by atoms with Crippen LogP contribution in [0.25, 0.3) is 0 Å². The van der Waals surface area contributed by atoms with Crippen LogP contribution in [-0.4, -0.2) is 24.7 Å². The van der Waals surface area contributed by atoms with Crippen molar-refractivity contribution in [1.29, 1.82) is 5.26 Å². The predicted molar refractivity (Wildman–Crippen MR) is 93.3 cm³/mol. The molecule has 1 saturated heterocycles. The van der Waals surface area contributed by atoms with Crippen molar-refractivity contribution in [1.82, 2.24) is 4.98 Å². The Hall–Kier alpha value is -1.90. The second kappa shape index (κ2) is 7.12. The molecule has 4 nitrogen and oxygen atoms in total. The largest absolute Gasteiger partial charge is 0.382 e. The third kappa shape index (κ3) is 3.54. The lowest BCUT2D eigenvalue weighted by molar-refractivity contribution is 0.0544. The monoisotopic (exact) mass is 371 g/mol. The summed E-state index contributed by atoms with van der Waals surface area (Å²) in [6.45, 7) is 2.27. The number of nitrogens with zero attached hydrogens (tertiary/aromatic N) is 2. The van der Waals surface area contributed by atoms with Gasteiger partial charge < -0.3 is 10.1 Å². The van der Waals surface area contributed by atoms with Crippen molar-refractivity contribution in [3.63, 3.8) is 0 Å². The summed E-state index contributed by atoms with van der Waals surface area (Å²) >= 11 is 3.57. The maximum absolute atomic E-state index is 9.19. The first kappa shape index (κ1) is 16.0. The van der Waals surface area contributed by atoms with Gasteiger partial charge in [-0.15, -0.1) is 0 Å². The number of nitriles is 1. The fourth-order valence-corrected chi connectivity index (χ4v) is 3.45. The van der Waals surface area contributed by atoms with E-state index in [1.807, 2.05) is 18.2 Å². The predicted octanol–water partition coefficient (Wildman–Crippen LogP) is 3.88. The van der Waals surface area contributed by atoms with Crippen LogP contribution in [0.2, 0.25) is 0 Å². The van der Waals surface area contributed by atoms with Gasteiger partial charge in [0.1, 0.15) is 6.07 Å². The molecule has 1 N–H and O–H groups in total. The molecule has 0 spiro atoms. The Labute approximate surface area is 144 Å². The highest BCUT2D eigenvalue weighted by molar-refractivity contribution is 9.10. The van der Waals surface area contributed by atoms with Crippen LogP contribution in [0, 0.1) is 11.3 Å². The molecule has 0 unspecified atom stereocenters. The minimum atomic E-state index is 0.00456. The van der Waals surface area contributed by atoms with Crippen LogP contribution in [0.1, 0.15) is 24.1 Å². The molecule has 3 rings (SSSR count). The third-order valence-electron chi connectivity index (χ3n) is 4.42. The lowest BCUT2D eigenvalue weighted by atomic mass is 9.74. The van der Waals surface area contributed by atoms with Crippen LogP contribution in [0.15, 0.2) is 47.1 Å². The molecule has 1 aliphatic rings. The summed E-state index contributed by atoms with van der Waals surface area (Å²) in [7, 11) is 0. The first-order valence-corrected chi connectivity index (χ1v) is 8.46. The van der Waals surface area contributed by atoms with Gasteiger partial charge in [-0.3, -0.25) is 0 Å². The van der Waals surface area contributed by atoms with Gasteiger partial charge in [0.25, 0.3) is 0 Å². The highest BCUT2D eigenvalue weighted by atomic mass is 79.9. The number of pyridine rings is 1. The fraction of sp³-hybridized carbons (Fsp3) is 0.333. The van der Waals surface area contributed by atoms with Gasteiger partial charge in [0.15, 0.2) is 5.69 Å². The minimum Gasteiger partial charge on any atom is -0.382 e. The molecule has 5 heteroatoms. The number of anilines is 1. The number of hydrogen-bond donors (Lipinski definition) is 1. The molecule has 0 atom stereocenters. The smallest absolute Gasteiger partial charge is 0.163 e. The minimum absolute atomic E-state index is 0.00456. The molecule has 2 heterocycles. The van der Waals surface area contributed by atoms with Crippen LogP contribution < -0.4 is 5.32 Å². The summed E-state index contributed by atoms with van der Waals surface area (Å²) in [5.74, 6) is 0. The Morgan fingerprint density at radius 2 is 2.09 bits per heavy atom. The third-order valence-corrected chi connectivity index (χ3v) is 4.91. The van der Waals surface area contributed by atoms with Crippen LogP contribution in [0.5, 0.6) is 0 Å². The summed E-state index contributed by atoms with van der Waals surface area (Å²) < 4.78 is 6.65. The molecule has 23 heavy (non-hydrogen) atoms. The molecule has 1 aromatic heterocycles. The quantitative estimate of drug-likeness (QED) is 0.885. The first-order chi connectivity index (χ1) is 11.2. The Morgan fingerprint density at radius 3 is 2.83 bits per heavy atom. The molecule has 1 aliphatic heterocycles. The number of nitrogens with one attached hydrogen (secondary N) is 1. The van der Waals surface area contributed by atoms with E-state index >= 15 is 0 Å². The second-order valence-corrected chi connectivity index (χ2v) is 6.68. The number of halogens is 1. The summed E-state index contributed by atoms with van der Waals surface area (Å²) in [6.07, 6.45) is 3.56. The maximum Gasteiger partial charge on any atom is 0.163 e. The van der Waals surface area contributed by atoms with Crippen LogP contribution in [-0.2, 0) is 10.2 Å². The average Bonchev–Trinajstić information content (AvgIpc) is 2.61. The first-order valence-electron chi connectivity index (χ1n) is 7.66. The Bertz CT molecular complexity index is 720. The normalized spacial score (nSPS) is 16.5. The van der Waals surface area contributed by atoms with Crippen molar-refractivity contribution in [3.05, 3.63) is 58.3 Å². The van der Waals surface area contributed by atoms with Crippen molar-refractivity contribution in [2.75, 3.05) is 25.1 Å². The van der Waals surface area contributed by atoms with E-state index in [0.29, 0.717) is 5.69 Å². The van der Waals surface area contributed by atoms with Crippen molar-refractivity contribution in [3.8, 4) is 6.07 Å². The van der Waals surface area contributed by atoms with E-state index in [1.54, 1.807) is 6.20 Å². The molecule has 0 saturated carbocycles. The van der Waals surface area contributed by atoms with Crippen molar-refractivity contribution in [2.45, 2.75) is 18.3 Å². The second-order valence-electron chi connectivity index (χ2n) is 5.77. The number of hydrogen-bond acceptors (Lipinski definition) is 4. The van der Waals surface area contributed by atoms with E-state index in [4.69, 9.17) is 4.74 Å². The Kier molecular flexibility index (Phi) is 4.94. The van der Waals surface area contributed by atoms with E-state index < -0.39 is 0 Å². The van der Waals surface area contributed by atoms with Gasteiger partial charge in [0.2, 0.25) is 0 Å². The molecule has 0 aliphatic carbocycles. The maximum atomic E-state index is 9.19. The van der Waals surface area contributed by atoms with E-state index in [-0.39, 0.29) is 5.41 Å². The lowest BCUT2D eigenvalue weighted by Crippen LogP contribution is -2.40. The average molecular weight is 372 g/mol. The number of aromatic nitrogens is 1. The SMILES string of the molecule is N#Cc1ncccc1NCC1(c2cccc(Br)c2)CCOCC1. The van der Waals surface area contributed by atoms with Gasteiger partial charge in [0, 0.05) is 35.8 Å². The number of ether oxygens (including phenoxy) is 1. The lowest BCUT2D eigenvalue weighted by Gasteiger charge is -2.38. The van der Waals surface area contributed by atoms with E-state index in [9.17, 15) is 5.26 Å². The molecule has 118 valence electrons. The zero-order valence-corrected chi connectivity index (χ0v) is 14.3. The van der Waals surface area contributed by atoms with Crippen LogP contribution in [0.4, 0.5) is 5.69 Å². The van der Waals surface area contributed by atoms with Crippen molar-refractivity contribution >= 4 is 21.6 Å². The van der Waals surface area contributed by atoms with Crippen LogP contribution >= 0.6 is 15.9 Å². The number of benzene rings is 1. The molecule has 0 bridgehead atoms. The molecular formula is C18H18BrN3O. The van der Waals surface area contributed by atoms with Gasteiger partial charge in [-0.05, 0) is 42.7 Å². The highest BCUT2D eigenvalue weighted by Crippen LogP contribution is 2.36. The van der Waals surface area contributed by atoms with E-state index in [1.165, 1.54) is 5.56 Å². The van der Waals surface area contributed by atoms with Crippen molar-refractivity contribution in [2.24, 2.45) is 0 Å². The van der Waals surface area contributed by atoms with Gasteiger partial charge in [0.05, 0.1) is 5.69 Å². The van der Waals surface area contributed by atoms with Gasteiger partial charge >= 0.3 is 0 Å². The van der Waals surface area contributed by atoms with E-state index in [0.717, 1.165) is 42.8 Å². The molecule has 1 fully saturated rings. The molecule has 0 amide bonds. The van der Waals surface area contributed by atoms with E-state index in [2.05, 4.69) is 50.5 Å². The fourth-order valence-electron chi connectivity index (χ4n) is 3.05. The summed E-state index contributed by atoms with van der Waals surface area (Å²) in [5, 5.41) is 12.6. The van der Waals surface area contributed by atoms with Gasteiger partial charge in [-0.1, -0.05) is 28.1 Å². The summed E-state index contributed by atoms with van der Waals surface area (Å²) in [5.41, 5.74) is 2.52. The molecule has 1 aromatic carbocycles. The standard InChI is InChI=1S/C18H18BrN3O/c19-15-4-1-3-14(11-15)18(6-9-23-10-7-18)13-22-16-5-2-8-21-17(16)12-20/h1-5,8,11,22H,6-7,9-10,13H2. The number of rotatable bonds is 4. The van der Waals surface area contributed by atoms with Gasteiger partial charge in [-0.2, -0.15) is 5.26 Å². The zero-order chi connectivity index (χ0) is 16.1. The van der Waals surface area contributed by atoms with Gasteiger partial charge in [-0.25, -0.2) is 4.98 Å². The Balaban J connectivity index is 1.87. The summed E-state index contributed by atoms with van der Waals surface area (Å²) in [4.78, 5) is 4.11. The molecular weight excluding hydrogens is 354 g/mol.